The highest BCUT2D eigenvalue weighted by Crippen LogP contribution is 2.36. The van der Waals surface area contributed by atoms with Gasteiger partial charge in [-0.1, -0.05) is 11.6 Å². The summed E-state index contributed by atoms with van der Waals surface area (Å²) >= 11 is 7.37. The van der Waals surface area contributed by atoms with Crippen molar-refractivity contribution in [1.82, 2.24) is 0 Å². The Morgan fingerprint density at radius 3 is 2.86 bits per heavy atom. The second-order valence-electron chi connectivity index (χ2n) is 2.94. The van der Waals surface area contributed by atoms with Crippen LogP contribution in [-0.4, -0.2) is 4.92 Å². The molecule has 0 N–H and O–H groups in total. The Balaban J connectivity index is 2.76. The summed E-state index contributed by atoms with van der Waals surface area (Å²) in [4.78, 5) is 10.1. The van der Waals surface area contributed by atoms with Gasteiger partial charge in [0.05, 0.1) is 9.26 Å². The summed E-state index contributed by atoms with van der Waals surface area (Å²) in [6.45, 7) is 1.87. The first-order valence-electron chi connectivity index (χ1n) is 3.92. The average molecular weight is 228 g/mol. The van der Waals surface area contributed by atoms with E-state index in [0.29, 0.717) is 4.34 Å². The topological polar surface area (TPSA) is 43.1 Å². The molecule has 2 aromatic rings. The quantitative estimate of drug-likeness (QED) is 0.550. The molecule has 1 heterocycles. The molecule has 0 aliphatic carbocycles. The molecule has 0 fully saturated rings. The number of halogens is 1. The number of nitro groups is 1. The van der Waals surface area contributed by atoms with Gasteiger partial charge in [0.1, 0.15) is 0 Å². The van der Waals surface area contributed by atoms with Crippen LogP contribution in [0.5, 0.6) is 0 Å². The molecule has 1 aromatic carbocycles. The molecule has 0 bridgehead atoms. The predicted molar refractivity (Wildman–Crippen MR) is 58.2 cm³/mol. The van der Waals surface area contributed by atoms with Gasteiger partial charge in [0.2, 0.25) is 0 Å². The number of thiophene rings is 1. The molecule has 0 spiro atoms. The highest BCUT2D eigenvalue weighted by atomic mass is 35.5. The molecule has 0 atom stereocenters. The van der Waals surface area contributed by atoms with Crippen molar-refractivity contribution in [2.24, 2.45) is 0 Å². The first kappa shape index (κ1) is 9.43. The first-order valence-corrected chi connectivity index (χ1v) is 5.12. The van der Waals surface area contributed by atoms with Crippen molar-refractivity contribution in [2.75, 3.05) is 0 Å². The monoisotopic (exact) mass is 227 g/mol. The third kappa shape index (κ3) is 1.36. The summed E-state index contributed by atoms with van der Waals surface area (Å²) in [6.07, 6.45) is 0. The average Bonchev–Trinajstić information content (AvgIpc) is 2.43. The molecule has 0 radical (unpaired) electrons. The SMILES string of the molecule is Cc1c(Cl)sc2ccc([N+](=O)[O-])cc12. The van der Waals surface area contributed by atoms with E-state index in [1.54, 1.807) is 12.1 Å². The highest BCUT2D eigenvalue weighted by Gasteiger charge is 2.11. The van der Waals surface area contributed by atoms with E-state index in [4.69, 9.17) is 11.6 Å². The summed E-state index contributed by atoms with van der Waals surface area (Å²) < 4.78 is 1.68. The van der Waals surface area contributed by atoms with Crippen molar-refractivity contribution in [2.45, 2.75) is 6.92 Å². The zero-order chi connectivity index (χ0) is 10.3. The lowest BCUT2D eigenvalue weighted by Crippen LogP contribution is -1.86. The van der Waals surface area contributed by atoms with Gasteiger partial charge in [-0.3, -0.25) is 10.1 Å². The molecular weight excluding hydrogens is 222 g/mol. The number of rotatable bonds is 1. The number of hydrogen-bond acceptors (Lipinski definition) is 3. The van der Waals surface area contributed by atoms with Crippen LogP contribution in [0.2, 0.25) is 4.34 Å². The van der Waals surface area contributed by atoms with E-state index in [9.17, 15) is 10.1 Å². The lowest BCUT2D eigenvalue weighted by atomic mass is 10.2. The van der Waals surface area contributed by atoms with Gasteiger partial charge in [-0.2, -0.15) is 0 Å². The second kappa shape index (κ2) is 3.22. The van der Waals surface area contributed by atoms with Crippen molar-refractivity contribution in [3.05, 3.63) is 38.2 Å². The normalized spacial score (nSPS) is 10.7. The molecule has 0 unspecified atom stereocenters. The van der Waals surface area contributed by atoms with Crippen molar-refractivity contribution in [3.63, 3.8) is 0 Å². The zero-order valence-electron chi connectivity index (χ0n) is 7.28. The maximum absolute atomic E-state index is 10.5. The van der Waals surface area contributed by atoms with Crippen LogP contribution in [0.25, 0.3) is 10.1 Å². The number of non-ortho nitro benzene ring substituents is 1. The maximum Gasteiger partial charge on any atom is 0.270 e. The Bertz CT molecular complexity index is 521. The summed E-state index contributed by atoms with van der Waals surface area (Å²) in [6, 6.07) is 4.79. The predicted octanol–water partition coefficient (Wildman–Crippen LogP) is 3.77. The number of benzene rings is 1. The van der Waals surface area contributed by atoms with Crippen LogP contribution in [0, 0.1) is 17.0 Å². The number of hydrogen-bond donors (Lipinski definition) is 0. The number of nitro benzene ring substituents is 1. The summed E-state index contributed by atoms with van der Waals surface area (Å²) in [5, 5.41) is 11.4. The number of fused-ring (bicyclic) bond motifs is 1. The highest BCUT2D eigenvalue weighted by molar-refractivity contribution is 7.22. The smallest absolute Gasteiger partial charge is 0.258 e. The fourth-order valence-electron chi connectivity index (χ4n) is 1.29. The minimum atomic E-state index is -0.398. The molecule has 1 aromatic heterocycles. The Labute approximate surface area is 89.1 Å². The van der Waals surface area contributed by atoms with Crippen molar-refractivity contribution < 1.29 is 4.92 Å². The largest absolute Gasteiger partial charge is 0.270 e. The summed E-state index contributed by atoms with van der Waals surface area (Å²) in [7, 11) is 0. The van der Waals surface area contributed by atoms with E-state index in [2.05, 4.69) is 0 Å². The Hall–Kier alpha value is -1.13. The van der Waals surface area contributed by atoms with E-state index in [0.717, 1.165) is 15.6 Å². The fourth-order valence-corrected chi connectivity index (χ4v) is 2.56. The molecule has 2 rings (SSSR count). The molecule has 0 amide bonds. The van der Waals surface area contributed by atoms with Crippen LogP contribution in [0.15, 0.2) is 18.2 Å². The third-order valence-electron chi connectivity index (χ3n) is 2.07. The van der Waals surface area contributed by atoms with Gasteiger partial charge >= 0.3 is 0 Å². The van der Waals surface area contributed by atoms with E-state index < -0.39 is 4.92 Å². The van der Waals surface area contributed by atoms with Gasteiger partial charge in [-0.05, 0) is 18.6 Å². The van der Waals surface area contributed by atoms with E-state index >= 15 is 0 Å². The lowest BCUT2D eigenvalue weighted by molar-refractivity contribution is -0.384. The summed E-state index contributed by atoms with van der Waals surface area (Å²) in [5.41, 5.74) is 1.02. The molecule has 3 nitrogen and oxygen atoms in total. The minimum Gasteiger partial charge on any atom is -0.258 e. The molecule has 0 aliphatic heterocycles. The van der Waals surface area contributed by atoms with E-state index in [1.807, 2.05) is 6.92 Å². The molecule has 14 heavy (non-hydrogen) atoms. The van der Waals surface area contributed by atoms with E-state index in [-0.39, 0.29) is 5.69 Å². The molecular formula is C9H6ClNO2S. The van der Waals surface area contributed by atoms with Gasteiger partial charge in [-0.25, -0.2) is 0 Å². The van der Waals surface area contributed by atoms with Crippen LogP contribution < -0.4 is 0 Å². The second-order valence-corrected chi connectivity index (χ2v) is 4.59. The molecule has 0 aliphatic rings. The minimum absolute atomic E-state index is 0.107. The maximum atomic E-state index is 10.5. The van der Waals surface area contributed by atoms with Crippen molar-refractivity contribution in [3.8, 4) is 0 Å². The van der Waals surface area contributed by atoms with Gasteiger partial charge in [0.15, 0.2) is 0 Å². The van der Waals surface area contributed by atoms with Crippen LogP contribution >= 0.6 is 22.9 Å². The zero-order valence-corrected chi connectivity index (χ0v) is 8.85. The summed E-state index contributed by atoms with van der Waals surface area (Å²) in [5.74, 6) is 0. The fraction of sp³-hybridized carbons (Fsp3) is 0.111. The van der Waals surface area contributed by atoms with Gasteiger partial charge in [-0.15, -0.1) is 11.3 Å². The molecule has 0 saturated carbocycles. The third-order valence-corrected chi connectivity index (χ3v) is 3.65. The molecule has 72 valence electrons. The van der Waals surface area contributed by atoms with Crippen LogP contribution in [-0.2, 0) is 0 Å². The van der Waals surface area contributed by atoms with Crippen LogP contribution in [0.3, 0.4) is 0 Å². The molecule has 0 saturated heterocycles. The Morgan fingerprint density at radius 1 is 1.50 bits per heavy atom. The van der Waals surface area contributed by atoms with Crippen molar-refractivity contribution in [1.29, 1.82) is 0 Å². The number of nitrogens with zero attached hydrogens (tertiary/aromatic N) is 1. The lowest BCUT2D eigenvalue weighted by Gasteiger charge is -1.92. The first-order chi connectivity index (χ1) is 6.59. The van der Waals surface area contributed by atoms with Crippen LogP contribution in [0.1, 0.15) is 5.56 Å². The standard InChI is InChI=1S/C9H6ClNO2S/c1-5-7-4-6(11(12)13)2-3-8(7)14-9(5)10/h2-4H,1H3. The van der Waals surface area contributed by atoms with Gasteiger partial charge in [0, 0.05) is 22.2 Å². The molecule has 5 heteroatoms. The van der Waals surface area contributed by atoms with Gasteiger partial charge in [0.25, 0.3) is 5.69 Å². The van der Waals surface area contributed by atoms with Crippen molar-refractivity contribution >= 4 is 38.7 Å². The van der Waals surface area contributed by atoms with Gasteiger partial charge < -0.3 is 0 Å². The van der Waals surface area contributed by atoms with E-state index in [1.165, 1.54) is 17.4 Å². The number of aryl methyl sites for hydroxylation is 1. The Kier molecular flexibility index (Phi) is 2.17. The van der Waals surface area contributed by atoms with Crippen LogP contribution in [0.4, 0.5) is 5.69 Å². The Morgan fingerprint density at radius 2 is 2.21 bits per heavy atom.